The largest absolute Gasteiger partial charge is 0.481 e. The number of para-hydroxylation sites is 1. The zero-order valence-electron chi connectivity index (χ0n) is 9.94. The van der Waals surface area contributed by atoms with E-state index < -0.39 is 17.9 Å². The molecule has 1 amide bonds. The molecule has 0 spiro atoms. The molecule has 1 aromatic carbocycles. The number of carbonyl (C=O) groups excluding carboxylic acids is 1. The summed E-state index contributed by atoms with van der Waals surface area (Å²) in [5.74, 6) is -1.42. The van der Waals surface area contributed by atoms with Gasteiger partial charge in [0.15, 0.2) is 0 Å². The van der Waals surface area contributed by atoms with E-state index in [0.29, 0.717) is 10.7 Å². The molecule has 1 rings (SSSR count). The number of hydrogen-bond acceptors (Lipinski definition) is 3. The van der Waals surface area contributed by atoms with E-state index in [1.54, 1.807) is 12.1 Å². The first-order chi connectivity index (χ1) is 8.41. The number of aliphatic carboxylic acids is 1. The van der Waals surface area contributed by atoms with Gasteiger partial charge in [0, 0.05) is 6.42 Å². The second-order valence-corrected chi connectivity index (χ2v) is 4.37. The lowest BCUT2D eigenvalue weighted by atomic mass is 10.1. The van der Waals surface area contributed by atoms with Gasteiger partial charge in [0.1, 0.15) is 0 Å². The molecule has 0 bridgehead atoms. The molecule has 1 atom stereocenters. The van der Waals surface area contributed by atoms with Crippen molar-refractivity contribution in [2.45, 2.75) is 25.8 Å². The van der Waals surface area contributed by atoms with Crippen LogP contribution in [-0.4, -0.2) is 23.0 Å². The van der Waals surface area contributed by atoms with E-state index in [4.69, 9.17) is 22.4 Å². The quantitative estimate of drug-likeness (QED) is 0.760. The monoisotopic (exact) mass is 270 g/mol. The van der Waals surface area contributed by atoms with Crippen LogP contribution in [0.1, 0.15) is 18.4 Å². The molecule has 0 aliphatic carbocycles. The number of benzene rings is 1. The van der Waals surface area contributed by atoms with Crippen molar-refractivity contribution in [3.8, 4) is 0 Å². The minimum absolute atomic E-state index is 0.0880. The number of amides is 1. The molecule has 1 aromatic rings. The van der Waals surface area contributed by atoms with Crippen molar-refractivity contribution in [3.05, 3.63) is 28.8 Å². The second-order valence-electron chi connectivity index (χ2n) is 3.96. The Balaban J connectivity index is 2.67. The van der Waals surface area contributed by atoms with Gasteiger partial charge in [0.05, 0.1) is 16.8 Å². The van der Waals surface area contributed by atoms with E-state index in [2.05, 4.69) is 5.32 Å². The van der Waals surface area contributed by atoms with Gasteiger partial charge in [-0.15, -0.1) is 0 Å². The van der Waals surface area contributed by atoms with Crippen molar-refractivity contribution in [1.29, 1.82) is 0 Å². The van der Waals surface area contributed by atoms with Crippen LogP contribution in [0.4, 0.5) is 5.69 Å². The molecule has 0 radical (unpaired) electrons. The third-order valence-electron chi connectivity index (χ3n) is 2.48. The van der Waals surface area contributed by atoms with Crippen molar-refractivity contribution in [2.75, 3.05) is 5.32 Å². The first kappa shape index (κ1) is 14.5. The van der Waals surface area contributed by atoms with Gasteiger partial charge < -0.3 is 16.2 Å². The molecule has 18 heavy (non-hydrogen) atoms. The van der Waals surface area contributed by atoms with Crippen LogP contribution in [0.15, 0.2) is 18.2 Å². The molecule has 1 unspecified atom stereocenters. The number of rotatable bonds is 5. The van der Waals surface area contributed by atoms with Crippen molar-refractivity contribution >= 4 is 29.2 Å². The highest BCUT2D eigenvalue weighted by molar-refractivity contribution is 6.34. The minimum Gasteiger partial charge on any atom is -0.481 e. The summed E-state index contributed by atoms with van der Waals surface area (Å²) >= 11 is 5.96. The van der Waals surface area contributed by atoms with E-state index >= 15 is 0 Å². The molecule has 5 nitrogen and oxygen atoms in total. The lowest BCUT2D eigenvalue weighted by Crippen LogP contribution is -2.36. The third kappa shape index (κ3) is 4.01. The number of carbonyl (C=O) groups is 2. The maximum atomic E-state index is 11.7. The average Bonchev–Trinajstić information content (AvgIpc) is 2.30. The number of carboxylic acids is 1. The zero-order valence-corrected chi connectivity index (χ0v) is 10.7. The van der Waals surface area contributed by atoms with Gasteiger partial charge >= 0.3 is 5.97 Å². The second kappa shape index (κ2) is 6.37. The highest BCUT2D eigenvalue weighted by atomic mass is 35.5. The highest BCUT2D eigenvalue weighted by Crippen LogP contribution is 2.25. The number of anilines is 1. The summed E-state index contributed by atoms with van der Waals surface area (Å²) in [6.07, 6.45) is -0.0548. The molecule has 0 aliphatic rings. The Labute approximate surface area is 110 Å². The zero-order chi connectivity index (χ0) is 13.7. The normalized spacial score (nSPS) is 11.9. The fourth-order valence-corrected chi connectivity index (χ4v) is 1.69. The molecule has 0 aliphatic heterocycles. The fraction of sp³-hybridized carbons (Fsp3) is 0.333. The Bertz CT molecular complexity index is 442. The van der Waals surface area contributed by atoms with Gasteiger partial charge in [-0.2, -0.15) is 0 Å². The summed E-state index contributed by atoms with van der Waals surface area (Å²) in [5, 5.41) is 11.6. The van der Waals surface area contributed by atoms with Crippen LogP contribution in [0, 0.1) is 6.92 Å². The summed E-state index contributed by atoms with van der Waals surface area (Å²) in [4.78, 5) is 22.1. The summed E-state index contributed by atoms with van der Waals surface area (Å²) in [7, 11) is 0. The van der Waals surface area contributed by atoms with Crippen molar-refractivity contribution in [2.24, 2.45) is 5.73 Å². The molecule has 0 aromatic heterocycles. The van der Waals surface area contributed by atoms with Crippen LogP contribution in [0.5, 0.6) is 0 Å². The van der Waals surface area contributed by atoms with Crippen molar-refractivity contribution in [1.82, 2.24) is 0 Å². The summed E-state index contributed by atoms with van der Waals surface area (Å²) in [6.45, 7) is 1.81. The minimum atomic E-state index is -0.979. The smallest absolute Gasteiger partial charge is 0.303 e. The maximum Gasteiger partial charge on any atom is 0.303 e. The maximum absolute atomic E-state index is 11.7. The molecule has 0 saturated carbocycles. The van der Waals surface area contributed by atoms with Crippen molar-refractivity contribution < 1.29 is 14.7 Å². The lowest BCUT2D eigenvalue weighted by molar-refractivity contribution is -0.137. The Hall–Kier alpha value is -1.59. The molecule has 0 saturated heterocycles. The molecular formula is C12H15ClN2O3. The number of hydrogen-bond donors (Lipinski definition) is 3. The topological polar surface area (TPSA) is 92.4 Å². The molecule has 4 N–H and O–H groups in total. The summed E-state index contributed by atoms with van der Waals surface area (Å²) in [6, 6.07) is 4.38. The van der Waals surface area contributed by atoms with Gasteiger partial charge in [-0.3, -0.25) is 9.59 Å². The van der Waals surface area contributed by atoms with E-state index in [9.17, 15) is 9.59 Å². The molecule has 98 valence electrons. The number of carboxylic acid groups (broad SMARTS) is 1. The lowest BCUT2D eigenvalue weighted by Gasteiger charge is -2.14. The van der Waals surface area contributed by atoms with Gasteiger partial charge in [-0.25, -0.2) is 0 Å². The molecule has 0 fully saturated rings. The first-order valence-electron chi connectivity index (χ1n) is 5.45. The van der Waals surface area contributed by atoms with E-state index in [0.717, 1.165) is 5.56 Å². The first-order valence-corrected chi connectivity index (χ1v) is 5.83. The number of nitrogens with two attached hydrogens (primary N) is 1. The fourth-order valence-electron chi connectivity index (χ4n) is 1.42. The molecule has 0 heterocycles. The SMILES string of the molecule is Cc1cccc(Cl)c1NC(=O)C(N)CCC(=O)O. The summed E-state index contributed by atoms with van der Waals surface area (Å²) in [5.41, 5.74) is 6.92. The van der Waals surface area contributed by atoms with Crippen LogP contribution in [0.3, 0.4) is 0 Å². The average molecular weight is 271 g/mol. The van der Waals surface area contributed by atoms with E-state index in [1.165, 1.54) is 0 Å². The van der Waals surface area contributed by atoms with Crippen LogP contribution in [0.2, 0.25) is 5.02 Å². The Morgan fingerprint density at radius 2 is 2.17 bits per heavy atom. The van der Waals surface area contributed by atoms with E-state index in [1.807, 2.05) is 13.0 Å². The number of aryl methyl sites for hydroxylation is 1. The predicted molar refractivity (Wildman–Crippen MR) is 69.7 cm³/mol. The Kier molecular flexibility index (Phi) is 5.12. The van der Waals surface area contributed by atoms with Crippen LogP contribution in [-0.2, 0) is 9.59 Å². The van der Waals surface area contributed by atoms with Crippen LogP contribution in [0.25, 0.3) is 0 Å². The van der Waals surface area contributed by atoms with Crippen LogP contribution < -0.4 is 11.1 Å². The molecular weight excluding hydrogens is 256 g/mol. The third-order valence-corrected chi connectivity index (χ3v) is 2.79. The van der Waals surface area contributed by atoms with Gasteiger partial charge in [0.25, 0.3) is 0 Å². The number of halogens is 1. The predicted octanol–water partition coefficient (Wildman–Crippen LogP) is 1.78. The van der Waals surface area contributed by atoms with E-state index in [-0.39, 0.29) is 12.8 Å². The Morgan fingerprint density at radius 1 is 1.50 bits per heavy atom. The highest BCUT2D eigenvalue weighted by Gasteiger charge is 2.16. The standard InChI is InChI=1S/C12H15ClN2O3/c1-7-3-2-4-8(13)11(7)15-12(18)9(14)5-6-10(16)17/h2-4,9H,5-6,14H2,1H3,(H,15,18)(H,16,17). The van der Waals surface area contributed by atoms with Gasteiger partial charge in [-0.05, 0) is 25.0 Å². The van der Waals surface area contributed by atoms with Gasteiger partial charge in [0.2, 0.25) is 5.91 Å². The number of nitrogens with one attached hydrogen (secondary N) is 1. The Morgan fingerprint density at radius 3 is 2.72 bits per heavy atom. The summed E-state index contributed by atoms with van der Waals surface area (Å²) < 4.78 is 0. The molecule has 6 heteroatoms. The van der Waals surface area contributed by atoms with Crippen LogP contribution >= 0.6 is 11.6 Å². The van der Waals surface area contributed by atoms with Gasteiger partial charge in [-0.1, -0.05) is 23.7 Å². The van der Waals surface area contributed by atoms with Crippen molar-refractivity contribution in [3.63, 3.8) is 0 Å².